The number of likely N-dealkylation sites (N-methyl/N-ethyl adjacent to an activating group) is 1. The highest BCUT2D eigenvalue weighted by Gasteiger charge is 2.04. The summed E-state index contributed by atoms with van der Waals surface area (Å²) < 4.78 is 0. The smallest absolute Gasteiger partial charge is 0.0584 e. The first-order valence-corrected chi connectivity index (χ1v) is 3.75. The van der Waals surface area contributed by atoms with Crippen molar-refractivity contribution in [1.82, 2.24) is 10.6 Å². The van der Waals surface area contributed by atoms with Crippen LogP contribution in [0.3, 0.4) is 0 Å². The number of nitrogens with one attached hydrogen (secondary N) is 2. The SMILES string of the molecule is CNCCC[C@H](NC)C(=O)[O-]. The molecule has 1 atom stereocenters. The minimum atomic E-state index is -1.02. The van der Waals surface area contributed by atoms with Crippen LogP contribution < -0.4 is 15.7 Å². The fourth-order valence-electron chi connectivity index (χ4n) is 0.863. The number of carboxylic acids is 1. The molecule has 0 saturated carbocycles. The Labute approximate surface area is 67.0 Å². The number of hydrogen-bond acceptors (Lipinski definition) is 4. The molecular formula is C7H15N2O2-. The van der Waals surface area contributed by atoms with Crippen molar-refractivity contribution in [3.05, 3.63) is 0 Å². The van der Waals surface area contributed by atoms with Crippen molar-refractivity contribution in [2.45, 2.75) is 18.9 Å². The molecule has 0 amide bonds. The molecule has 0 aliphatic rings. The first-order valence-electron chi connectivity index (χ1n) is 3.75. The Morgan fingerprint density at radius 2 is 2.18 bits per heavy atom. The van der Waals surface area contributed by atoms with Gasteiger partial charge in [-0.3, -0.25) is 0 Å². The van der Waals surface area contributed by atoms with E-state index in [1.807, 2.05) is 7.05 Å². The molecule has 0 aromatic rings. The van der Waals surface area contributed by atoms with E-state index in [9.17, 15) is 9.90 Å². The van der Waals surface area contributed by atoms with Crippen LogP contribution in [-0.4, -0.2) is 32.7 Å². The van der Waals surface area contributed by atoms with Gasteiger partial charge >= 0.3 is 0 Å². The maximum Gasteiger partial charge on any atom is 0.0584 e. The molecular weight excluding hydrogens is 144 g/mol. The molecule has 0 aromatic heterocycles. The largest absolute Gasteiger partial charge is 0.548 e. The maximum atomic E-state index is 10.3. The van der Waals surface area contributed by atoms with Crippen LogP contribution in [0.25, 0.3) is 0 Å². The van der Waals surface area contributed by atoms with Crippen LogP contribution in [0, 0.1) is 0 Å². The Morgan fingerprint density at radius 1 is 1.55 bits per heavy atom. The second-order valence-electron chi connectivity index (χ2n) is 2.41. The van der Waals surface area contributed by atoms with Crippen LogP contribution in [0.2, 0.25) is 0 Å². The number of aliphatic carboxylic acids is 1. The summed E-state index contributed by atoms with van der Waals surface area (Å²) in [6.45, 7) is 0.839. The third kappa shape index (κ3) is 4.75. The molecule has 0 radical (unpaired) electrons. The van der Waals surface area contributed by atoms with Gasteiger partial charge in [-0.1, -0.05) is 0 Å². The van der Waals surface area contributed by atoms with Gasteiger partial charge in [0.15, 0.2) is 0 Å². The predicted octanol–water partition coefficient (Wildman–Crippen LogP) is -1.68. The topological polar surface area (TPSA) is 64.2 Å². The fraction of sp³-hybridized carbons (Fsp3) is 0.857. The van der Waals surface area contributed by atoms with E-state index < -0.39 is 12.0 Å². The molecule has 0 heterocycles. The van der Waals surface area contributed by atoms with Gasteiger partial charge in [0.1, 0.15) is 0 Å². The second kappa shape index (κ2) is 6.12. The number of carboxylic acid groups (broad SMARTS) is 1. The minimum Gasteiger partial charge on any atom is -0.548 e. The van der Waals surface area contributed by atoms with Crippen LogP contribution in [0.4, 0.5) is 0 Å². The standard InChI is InChI=1S/C7H16N2O2/c1-8-5-3-4-6(9-2)7(10)11/h6,8-9H,3-5H2,1-2H3,(H,10,11)/p-1/t6-/m0/s1. The molecule has 66 valence electrons. The lowest BCUT2D eigenvalue weighted by Crippen LogP contribution is -2.44. The lowest BCUT2D eigenvalue weighted by atomic mass is 10.1. The number of carbonyl (C=O) groups excluding carboxylic acids is 1. The Balaban J connectivity index is 3.44. The molecule has 4 nitrogen and oxygen atoms in total. The first-order chi connectivity index (χ1) is 5.22. The van der Waals surface area contributed by atoms with Crippen molar-refractivity contribution in [2.24, 2.45) is 0 Å². The number of rotatable bonds is 6. The van der Waals surface area contributed by atoms with Crippen molar-refractivity contribution in [1.29, 1.82) is 0 Å². The summed E-state index contributed by atoms with van der Waals surface area (Å²) in [6.07, 6.45) is 1.45. The van der Waals surface area contributed by atoms with Gasteiger partial charge in [0.05, 0.1) is 5.97 Å². The third-order valence-electron chi connectivity index (χ3n) is 1.55. The second-order valence-corrected chi connectivity index (χ2v) is 2.41. The van der Waals surface area contributed by atoms with Gasteiger partial charge < -0.3 is 20.5 Å². The quantitative estimate of drug-likeness (QED) is 0.455. The van der Waals surface area contributed by atoms with Crippen LogP contribution >= 0.6 is 0 Å². The van der Waals surface area contributed by atoms with Crippen molar-refractivity contribution in [3.8, 4) is 0 Å². The van der Waals surface area contributed by atoms with Crippen molar-refractivity contribution < 1.29 is 9.90 Å². The number of carbonyl (C=O) groups is 1. The van der Waals surface area contributed by atoms with E-state index in [-0.39, 0.29) is 0 Å². The Bertz CT molecular complexity index is 117. The lowest BCUT2D eigenvalue weighted by molar-refractivity contribution is -0.308. The van der Waals surface area contributed by atoms with Gasteiger partial charge in [-0.15, -0.1) is 0 Å². The highest BCUT2D eigenvalue weighted by Crippen LogP contribution is 1.93. The molecule has 2 N–H and O–H groups in total. The summed E-state index contributed by atoms with van der Waals surface area (Å²) in [6, 6.07) is -0.511. The molecule has 4 heteroatoms. The van der Waals surface area contributed by atoms with E-state index in [0.717, 1.165) is 13.0 Å². The van der Waals surface area contributed by atoms with Crippen LogP contribution in [-0.2, 0) is 4.79 Å². The van der Waals surface area contributed by atoms with Crippen LogP contribution in [0.5, 0.6) is 0 Å². The van der Waals surface area contributed by atoms with Crippen molar-refractivity contribution in [2.75, 3.05) is 20.6 Å². The molecule has 0 aliphatic heterocycles. The average Bonchev–Trinajstić information content (AvgIpc) is 1.97. The van der Waals surface area contributed by atoms with E-state index >= 15 is 0 Å². The van der Waals surface area contributed by atoms with Crippen LogP contribution in [0.15, 0.2) is 0 Å². The lowest BCUT2D eigenvalue weighted by Gasteiger charge is -2.16. The predicted molar refractivity (Wildman–Crippen MR) is 41.0 cm³/mol. The van der Waals surface area contributed by atoms with Gasteiger partial charge in [0.25, 0.3) is 0 Å². The molecule has 11 heavy (non-hydrogen) atoms. The minimum absolute atomic E-state index is 0.511. The highest BCUT2D eigenvalue weighted by atomic mass is 16.4. The molecule has 0 bridgehead atoms. The fourth-order valence-corrected chi connectivity index (χ4v) is 0.863. The molecule has 0 aliphatic carbocycles. The van der Waals surface area contributed by atoms with Gasteiger partial charge in [-0.05, 0) is 33.5 Å². The first kappa shape index (κ1) is 10.4. The number of hydrogen-bond donors (Lipinski definition) is 2. The zero-order valence-corrected chi connectivity index (χ0v) is 7.02. The summed E-state index contributed by atoms with van der Waals surface area (Å²) in [5.41, 5.74) is 0. The summed E-state index contributed by atoms with van der Waals surface area (Å²) in [7, 11) is 3.47. The van der Waals surface area contributed by atoms with Gasteiger partial charge in [-0.2, -0.15) is 0 Å². The zero-order valence-electron chi connectivity index (χ0n) is 7.02. The molecule has 0 fully saturated rings. The van der Waals surface area contributed by atoms with E-state index in [1.54, 1.807) is 7.05 Å². The summed E-state index contributed by atoms with van der Waals surface area (Å²) in [5, 5.41) is 15.9. The molecule has 0 unspecified atom stereocenters. The summed E-state index contributed by atoms with van der Waals surface area (Å²) in [4.78, 5) is 10.3. The van der Waals surface area contributed by atoms with E-state index in [4.69, 9.17) is 0 Å². The van der Waals surface area contributed by atoms with E-state index in [0.29, 0.717) is 6.42 Å². The third-order valence-corrected chi connectivity index (χ3v) is 1.55. The molecule has 0 rings (SSSR count). The molecule has 0 spiro atoms. The van der Waals surface area contributed by atoms with E-state index in [1.165, 1.54) is 0 Å². The summed E-state index contributed by atoms with van der Waals surface area (Å²) in [5.74, 6) is -1.02. The van der Waals surface area contributed by atoms with Crippen molar-refractivity contribution in [3.63, 3.8) is 0 Å². The Hall–Kier alpha value is -0.610. The van der Waals surface area contributed by atoms with Crippen LogP contribution in [0.1, 0.15) is 12.8 Å². The average molecular weight is 159 g/mol. The monoisotopic (exact) mass is 159 g/mol. The van der Waals surface area contributed by atoms with E-state index in [2.05, 4.69) is 10.6 Å². The Morgan fingerprint density at radius 3 is 2.55 bits per heavy atom. The van der Waals surface area contributed by atoms with Gasteiger partial charge in [0.2, 0.25) is 0 Å². The van der Waals surface area contributed by atoms with Gasteiger partial charge in [0, 0.05) is 6.04 Å². The summed E-state index contributed by atoms with van der Waals surface area (Å²) >= 11 is 0. The zero-order chi connectivity index (χ0) is 8.69. The molecule has 0 aromatic carbocycles. The normalized spacial score (nSPS) is 12.9. The van der Waals surface area contributed by atoms with Gasteiger partial charge in [-0.25, -0.2) is 0 Å². The Kier molecular flexibility index (Phi) is 5.78. The maximum absolute atomic E-state index is 10.3. The highest BCUT2D eigenvalue weighted by molar-refractivity contribution is 5.70. The van der Waals surface area contributed by atoms with Crippen molar-refractivity contribution >= 4 is 5.97 Å². The molecule has 0 saturated heterocycles.